The molecule has 0 saturated heterocycles. The fraction of sp³-hybridized carbons (Fsp3) is 0.200. The van der Waals surface area contributed by atoms with Gasteiger partial charge in [-0.25, -0.2) is 4.39 Å². The summed E-state index contributed by atoms with van der Waals surface area (Å²) in [6, 6.07) is 11.1. The first kappa shape index (κ1) is 14.5. The molecule has 0 fully saturated rings. The third-order valence-electron chi connectivity index (χ3n) is 2.85. The van der Waals surface area contributed by atoms with Crippen LogP contribution in [0, 0.1) is 5.82 Å². The van der Waals surface area contributed by atoms with Crippen molar-refractivity contribution in [3.05, 3.63) is 62.3 Å². The van der Waals surface area contributed by atoms with Crippen molar-refractivity contribution in [1.29, 1.82) is 0 Å². The molecule has 0 bridgehead atoms. The quantitative estimate of drug-likeness (QED) is 0.728. The van der Waals surface area contributed by atoms with Crippen LogP contribution in [0.5, 0.6) is 0 Å². The van der Waals surface area contributed by atoms with E-state index in [0.717, 1.165) is 26.6 Å². The summed E-state index contributed by atoms with van der Waals surface area (Å²) in [5.74, 6) is -0.224. The van der Waals surface area contributed by atoms with Crippen LogP contribution in [0.4, 0.5) is 10.1 Å². The van der Waals surface area contributed by atoms with Gasteiger partial charge in [-0.1, -0.05) is 38.8 Å². The van der Waals surface area contributed by atoms with Gasteiger partial charge in [0, 0.05) is 21.2 Å². The molecule has 1 nitrogen and oxygen atoms in total. The summed E-state index contributed by atoms with van der Waals surface area (Å²) in [5.41, 5.74) is 3.24. The number of benzene rings is 2. The van der Waals surface area contributed by atoms with Crippen molar-refractivity contribution < 1.29 is 4.39 Å². The minimum atomic E-state index is -0.224. The lowest BCUT2D eigenvalue weighted by molar-refractivity contribution is 0.625. The second-order valence-corrected chi connectivity index (χ2v) is 6.12. The lowest BCUT2D eigenvalue weighted by Gasteiger charge is -2.12. The van der Waals surface area contributed by atoms with Gasteiger partial charge in [-0.05, 0) is 53.9 Å². The van der Waals surface area contributed by atoms with E-state index in [2.05, 4.69) is 50.2 Å². The summed E-state index contributed by atoms with van der Waals surface area (Å²) < 4.78 is 15.1. The van der Waals surface area contributed by atoms with Crippen molar-refractivity contribution in [3.63, 3.8) is 0 Å². The Morgan fingerprint density at radius 1 is 1.05 bits per heavy atom. The molecule has 100 valence electrons. The molecular formula is C15H14Br2FN. The zero-order valence-corrected chi connectivity index (χ0v) is 13.7. The van der Waals surface area contributed by atoms with Crippen molar-refractivity contribution in [2.75, 3.05) is 5.32 Å². The Hall–Kier alpha value is -0.870. The Kier molecular flexibility index (Phi) is 4.99. The van der Waals surface area contributed by atoms with Crippen LogP contribution < -0.4 is 5.32 Å². The highest BCUT2D eigenvalue weighted by atomic mass is 79.9. The fourth-order valence-electron chi connectivity index (χ4n) is 1.94. The number of aryl methyl sites for hydroxylation is 1. The van der Waals surface area contributed by atoms with Crippen molar-refractivity contribution in [2.24, 2.45) is 0 Å². The van der Waals surface area contributed by atoms with E-state index in [1.807, 2.05) is 18.2 Å². The van der Waals surface area contributed by atoms with Crippen LogP contribution in [0.3, 0.4) is 0 Å². The van der Waals surface area contributed by atoms with E-state index in [4.69, 9.17) is 0 Å². The highest BCUT2D eigenvalue weighted by molar-refractivity contribution is 9.10. The van der Waals surface area contributed by atoms with Gasteiger partial charge in [-0.15, -0.1) is 0 Å². The lowest BCUT2D eigenvalue weighted by Crippen LogP contribution is -2.02. The maximum Gasteiger partial charge on any atom is 0.124 e. The van der Waals surface area contributed by atoms with Gasteiger partial charge in [0.15, 0.2) is 0 Å². The van der Waals surface area contributed by atoms with E-state index < -0.39 is 0 Å². The molecule has 2 rings (SSSR count). The smallest absolute Gasteiger partial charge is 0.124 e. The first-order valence-corrected chi connectivity index (χ1v) is 7.64. The third kappa shape index (κ3) is 4.05. The number of hydrogen-bond donors (Lipinski definition) is 1. The van der Waals surface area contributed by atoms with Crippen molar-refractivity contribution >= 4 is 37.5 Å². The standard InChI is InChI=1S/C15H14Br2FN/c1-2-11-7-12(16)3-4-15(11)19-9-10-5-13(17)8-14(18)6-10/h3-8,19H,2,9H2,1H3. The van der Waals surface area contributed by atoms with Crippen molar-refractivity contribution in [3.8, 4) is 0 Å². The van der Waals surface area contributed by atoms with Gasteiger partial charge in [0.05, 0.1) is 0 Å². The predicted octanol–water partition coefficient (Wildman–Crippen LogP) is 5.53. The molecule has 0 unspecified atom stereocenters. The van der Waals surface area contributed by atoms with Gasteiger partial charge in [-0.2, -0.15) is 0 Å². The van der Waals surface area contributed by atoms with Gasteiger partial charge in [0.2, 0.25) is 0 Å². The molecule has 0 atom stereocenters. The predicted molar refractivity (Wildman–Crippen MR) is 84.9 cm³/mol. The molecule has 0 aliphatic rings. The highest BCUT2D eigenvalue weighted by Gasteiger charge is 2.03. The van der Waals surface area contributed by atoms with E-state index >= 15 is 0 Å². The molecule has 0 saturated carbocycles. The Labute approximate surface area is 129 Å². The first-order chi connectivity index (χ1) is 9.08. The number of rotatable bonds is 4. The Balaban J connectivity index is 2.14. The van der Waals surface area contributed by atoms with Gasteiger partial charge in [0.25, 0.3) is 0 Å². The largest absolute Gasteiger partial charge is 0.381 e. The van der Waals surface area contributed by atoms with Crippen LogP contribution in [0.1, 0.15) is 18.1 Å². The molecule has 2 aromatic carbocycles. The molecule has 0 aromatic heterocycles. The maximum atomic E-state index is 13.3. The average Bonchev–Trinajstić information content (AvgIpc) is 2.36. The van der Waals surface area contributed by atoms with Crippen molar-refractivity contribution in [1.82, 2.24) is 0 Å². The first-order valence-electron chi connectivity index (χ1n) is 6.05. The summed E-state index contributed by atoms with van der Waals surface area (Å²) in [5, 5.41) is 3.35. The molecule has 0 aliphatic heterocycles. The Morgan fingerprint density at radius 2 is 1.84 bits per heavy atom. The minimum absolute atomic E-state index is 0.224. The maximum absolute atomic E-state index is 13.3. The lowest BCUT2D eigenvalue weighted by atomic mass is 10.1. The van der Waals surface area contributed by atoms with Gasteiger partial charge >= 0.3 is 0 Å². The molecule has 0 spiro atoms. The second-order valence-electron chi connectivity index (χ2n) is 4.29. The molecule has 0 heterocycles. The van der Waals surface area contributed by atoms with Crippen LogP contribution in [-0.2, 0) is 13.0 Å². The van der Waals surface area contributed by atoms with Gasteiger partial charge < -0.3 is 5.32 Å². The van der Waals surface area contributed by atoms with E-state index in [1.54, 1.807) is 6.07 Å². The molecule has 19 heavy (non-hydrogen) atoms. The SMILES string of the molecule is CCc1cc(Br)ccc1NCc1cc(F)cc(Br)c1. The summed E-state index contributed by atoms with van der Waals surface area (Å²) >= 11 is 6.77. The zero-order valence-electron chi connectivity index (χ0n) is 10.5. The molecule has 0 aliphatic carbocycles. The number of nitrogens with one attached hydrogen (secondary N) is 1. The van der Waals surface area contributed by atoms with Crippen LogP contribution in [0.25, 0.3) is 0 Å². The molecule has 0 radical (unpaired) electrons. The van der Waals surface area contributed by atoms with E-state index in [0.29, 0.717) is 6.54 Å². The zero-order chi connectivity index (χ0) is 13.8. The number of halogens is 3. The van der Waals surface area contributed by atoms with Gasteiger partial charge in [0.1, 0.15) is 5.82 Å². The molecule has 1 N–H and O–H groups in total. The summed E-state index contributed by atoms with van der Waals surface area (Å²) in [6.07, 6.45) is 0.953. The van der Waals surface area contributed by atoms with Gasteiger partial charge in [-0.3, -0.25) is 0 Å². The van der Waals surface area contributed by atoms with Crippen LogP contribution >= 0.6 is 31.9 Å². The monoisotopic (exact) mass is 385 g/mol. The van der Waals surface area contributed by atoms with Crippen LogP contribution in [-0.4, -0.2) is 0 Å². The average molecular weight is 387 g/mol. The second kappa shape index (κ2) is 6.53. The highest BCUT2D eigenvalue weighted by Crippen LogP contribution is 2.23. The molecule has 2 aromatic rings. The van der Waals surface area contributed by atoms with E-state index in [9.17, 15) is 4.39 Å². The van der Waals surface area contributed by atoms with E-state index in [-0.39, 0.29) is 5.82 Å². The fourth-order valence-corrected chi connectivity index (χ4v) is 2.86. The van der Waals surface area contributed by atoms with E-state index in [1.165, 1.54) is 11.6 Å². The summed E-state index contributed by atoms with van der Waals surface area (Å²) in [4.78, 5) is 0. The van der Waals surface area contributed by atoms with Crippen LogP contribution in [0.2, 0.25) is 0 Å². The molecule has 4 heteroatoms. The topological polar surface area (TPSA) is 12.0 Å². The van der Waals surface area contributed by atoms with Crippen LogP contribution in [0.15, 0.2) is 45.3 Å². The number of hydrogen-bond acceptors (Lipinski definition) is 1. The Morgan fingerprint density at radius 3 is 2.53 bits per heavy atom. The number of anilines is 1. The Bertz CT molecular complexity index is 564. The normalized spacial score (nSPS) is 10.5. The molecule has 0 amide bonds. The summed E-state index contributed by atoms with van der Waals surface area (Å²) in [7, 11) is 0. The summed E-state index contributed by atoms with van der Waals surface area (Å²) in [6.45, 7) is 2.72. The minimum Gasteiger partial charge on any atom is -0.381 e. The molecular weight excluding hydrogens is 373 g/mol. The third-order valence-corrected chi connectivity index (χ3v) is 3.80. The van der Waals surface area contributed by atoms with Crippen molar-refractivity contribution in [2.45, 2.75) is 19.9 Å².